The van der Waals surface area contributed by atoms with Gasteiger partial charge in [0.25, 0.3) is 5.69 Å². The van der Waals surface area contributed by atoms with Gasteiger partial charge >= 0.3 is 0 Å². The van der Waals surface area contributed by atoms with Crippen molar-refractivity contribution < 1.29 is 18.8 Å². The topological polar surface area (TPSA) is 87.6 Å². The summed E-state index contributed by atoms with van der Waals surface area (Å²) >= 11 is 0. The highest BCUT2D eigenvalue weighted by molar-refractivity contribution is 5.56. The van der Waals surface area contributed by atoms with Crippen LogP contribution in [0.1, 0.15) is 18.0 Å². The number of ether oxygens (including phenoxy) is 2. The van der Waals surface area contributed by atoms with Crippen LogP contribution in [0.5, 0.6) is 11.5 Å². The fraction of sp³-hybridized carbons (Fsp3) is 0.400. The summed E-state index contributed by atoms with van der Waals surface area (Å²) in [6.45, 7) is -0.610. The second kappa shape index (κ2) is 4.54. The minimum absolute atomic E-state index is 0.0221. The lowest BCUT2D eigenvalue weighted by Gasteiger charge is -2.11. The van der Waals surface area contributed by atoms with E-state index in [-0.39, 0.29) is 24.5 Å². The van der Waals surface area contributed by atoms with Gasteiger partial charge in [-0.1, -0.05) is 0 Å². The lowest BCUT2D eigenvalue weighted by atomic mass is 10.0. The van der Waals surface area contributed by atoms with Crippen LogP contribution in [0.2, 0.25) is 0 Å². The number of alkyl halides is 1. The molecule has 1 heterocycles. The van der Waals surface area contributed by atoms with Gasteiger partial charge in [-0.05, 0) is 12.5 Å². The maximum absolute atomic E-state index is 12.2. The number of nitro groups is 1. The molecule has 92 valence electrons. The van der Waals surface area contributed by atoms with E-state index in [1.807, 2.05) is 0 Å². The second-order valence-electron chi connectivity index (χ2n) is 3.61. The molecule has 0 bridgehead atoms. The summed E-state index contributed by atoms with van der Waals surface area (Å²) in [4.78, 5) is 10.3. The minimum Gasteiger partial charge on any atom is -0.454 e. The lowest BCUT2D eigenvalue weighted by Crippen LogP contribution is -2.13. The van der Waals surface area contributed by atoms with Gasteiger partial charge in [0.2, 0.25) is 6.79 Å². The van der Waals surface area contributed by atoms with Crippen LogP contribution in [0.15, 0.2) is 12.1 Å². The fourth-order valence-electron chi connectivity index (χ4n) is 1.68. The predicted molar refractivity (Wildman–Crippen MR) is 56.7 cm³/mol. The van der Waals surface area contributed by atoms with Crippen molar-refractivity contribution in [2.45, 2.75) is 12.5 Å². The Bertz CT molecular complexity index is 452. The Morgan fingerprint density at radius 1 is 1.47 bits per heavy atom. The van der Waals surface area contributed by atoms with Gasteiger partial charge in [-0.2, -0.15) is 0 Å². The maximum Gasteiger partial charge on any atom is 0.278 e. The molecule has 1 aromatic carbocycles. The molecule has 1 aromatic rings. The van der Waals surface area contributed by atoms with E-state index in [1.165, 1.54) is 12.1 Å². The summed E-state index contributed by atoms with van der Waals surface area (Å²) < 4.78 is 22.4. The Balaban J connectivity index is 2.45. The first-order valence-electron chi connectivity index (χ1n) is 5.03. The first-order chi connectivity index (χ1) is 8.13. The molecule has 2 rings (SSSR count). The molecule has 6 nitrogen and oxygen atoms in total. The molecule has 0 fully saturated rings. The smallest absolute Gasteiger partial charge is 0.278 e. The summed E-state index contributed by atoms with van der Waals surface area (Å²) in [5, 5.41) is 10.9. The van der Waals surface area contributed by atoms with E-state index in [0.29, 0.717) is 11.5 Å². The Morgan fingerprint density at radius 3 is 2.71 bits per heavy atom. The Labute approximate surface area is 96.3 Å². The Kier molecular flexibility index (Phi) is 3.10. The predicted octanol–water partition coefficient (Wildman–Crippen LogP) is 1.68. The molecule has 0 aromatic heterocycles. The van der Waals surface area contributed by atoms with Crippen LogP contribution in [0.25, 0.3) is 0 Å². The third-order valence-corrected chi connectivity index (χ3v) is 2.54. The monoisotopic (exact) mass is 242 g/mol. The number of hydrogen-bond acceptors (Lipinski definition) is 5. The van der Waals surface area contributed by atoms with Gasteiger partial charge in [-0.3, -0.25) is 14.5 Å². The van der Waals surface area contributed by atoms with Gasteiger partial charge in [0.15, 0.2) is 11.5 Å². The third-order valence-electron chi connectivity index (χ3n) is 2.54. The standard InChI is InChI=1S/C10H11FN2O4/c11-2-1-7(12)6-3-9-10(17-5-16-9)4-8(6)13(14)15/h3-4,7H,1-2,5,12H2/t7-/m1/s1. The van der Waals surface area contributed by atoms with E-state index < -0.39 is 17.6 Å². The summed E-state index contributed by atoms with van der Waals surface area (Å²) in [6, 6.07) is 1.98. The van der Waals surface area contributed by atoms with Crippen LogP contribution in [0.4, 0.5) is 10.1 Å². The minimum atomic E-state index is -0.727. The largest absolute Gasteiger partial charge is 0.454 e. The Morgan fingerprint density at radius 2 is 2.12 bits per heavy atom. The molecule has 1 atom stereocenters. The molecule has 0 spiro atoms. The molecule has 0 radical (unpaired) electrons. The molecular weight excluding hydrogens is 231 g/mol. The van der Waals surface area contributed by atoms with E-state index in [4.69, 9.17) is 15.2 Å². The van der Waals surface area contributed by atoms with Crippen molar-refractivity contribution in [2.24, 2.45) is 5.73 Å². The van der Waals surface area contributed by atoms with Crippen molar-refractivity contribution in [3.63, 3.8) is 0 Å². The van der Waals surface area contributed by atoms with Crippen molar-refractivity contribution in [1.82, 2.24) is 0 Å². The van der Waals surface area contributed by atoms with Crippen molar-refractivity contribution >= 4 is 5.69 Å². The zero-order valence-corrected chi connectivity index (χ0v) is 8.89. The number of nitrogens with two attached hydrogens (primary N) is 1. The van der Waals surface area contributed by atoms with Crippen LogP contribution in [-0.2, 0) is 0 Å². The van der Waals surface area contributed by atoms with Gasteiger partial charge in [0.1, 0.15) is 0 Å². The summed E-state index contributed by atoms with van der Waals surface area (Å²) in [7, 11) is 0. The number of benzene rings is 1. The van der Waals surface area contributed by atoms with Gasteiger partial charge in [-0.25, -0.2) is 0 Å². The van der Waals surface area contributed by atoms with Crippen molar-refractivity contribution in [3.05, 3.63) is 27.8 Å². The number of halogens is 1. The zero-order chi connectivity index (χ0) is 12.4. The molecule has 1 aliphatic heterocycles. The average molecular weight is 242 g/mol. The van der Waals surface area contributed by atoms with Crippen molar-refractivity contribution in [3.8, 4) is 11.5 Å². The highest BCUT2D eigenvalue weighted by atomic mass is 19.1. The average Bonchev–Trinajstić information content (AvgIpc) is 2.74. The lowest BCUT2D eigenvalue weighted by molar-refractivity contribution is -0.385. The van der Waals surface area contributed by atoms with Crippen molar-refractivity contribution in [2.75, 3.05) is 13.5 Å². The van der Waals surface area contributed by atoms with E-state index in [0.717, 1.165) is 0 Å². The highest BCUT2D eigenvalue weighted by Gasteiger charge is 2.26. The van der Waals surface area contributed by atoms with Crippen molar-refractivity contribution in [1.29, 1.82) is 0 Å². The summed E-state index contributed by atoms with van der Waals surface area (Å²) in [5.74, 6) is 0.716. The molecule has 0 saturated heterocycles. The Hall–Kier alpha value is -1.89. The number of nitrogens with zero attached hydrogens (tertiary/aromatic N) is 1. The molecular formula is C10H11FN2O4. The highest BCUT2D eigenvalue weighted by Crippen LogP contribution is 2.40. The van der Waals surface area contributed by atoms with Gasteiger partial charge < -0.3 is 15.2 Å². The summed E-state index contributed by atoms with van der Waals surface area (Å²) in [5.41, 5.74) is 5.79. The number of rotatable bonds is 4. The van der Waals surface area contributed by atoms with E-state index >= 15 is 0 Å². The summed E-state index contributed by atoms with van der Waals surface area (Å²) in [6.07, 6.45) is 0.0283. The first kappa shape index (κ1) is 11.6. The van der Waals surface area contributed by atoms with Gasteiger partial charge in [0.05, 0.1) is 23.2 Å². The SMILES string of the molecule is N[C@H](CCF)c1cc2c(cc1[N+](=O)[O-])OCO2. The van der Waals surface area contributed by atoms with Crippen LogP contribution in [0.3, 0.4) is 0 Å². The normalized spacial score (nSPS) is 14.7. The zero-order valence-electron chi connectivity index (χ0n) is 8.89. The van der Waals surface area contributed by atoms with Crippen LogP contribution in [0, 0.1) is 10.1 Å². The molecule has 1 aliphatic rings. The van der Waals surface area contributed by atoms with Crippen LogP contribution < -0.4 is 15.2 Å². The molecule has 0 unspecified atom stereocenters. The van der Waals surface area contributed by atoms with E-state index in [9.17, 15) is 14.5 Å². The first-order valence-corrected chi connectivity index (χ1v) is 5.03. The van der Waals surface area contributed by atoms with Crippen LogP contribution >= 0.6 is 0 Å². The molecule has 0 amide bonds. The molecule has 7 heteroatoms. The fourth-order valence-corrected chi connectivity index (χ4v) is 1.68. The number of nitro benzene ring substituents is 1. The van der Waals surface area contributed by atoms with E-state index in [1.54, 1.807) is 0 Å². The molecule has 2 N–H and O–H groups in total. The molecule has 17 heavy (non-hydrogen) atoms. The molecule has 0 aliphatic carbocycles. The quantitative estimate of drug-likeness (QED) is 0.641. The number of fused-ring (bicyclic) bond motifs is 1. The van der Waals surface area contributed by atoms with Gasteiger partial charge in [-0.15, -0.1) is 0 Å². The number of hydrogen-bond donors (Lipinski definition) is 1. The van der Waals surface area contributed by atoms with Crippen LogP contribution in [-0.4, -0.2) is 18.4 Å². The second-order valence-corrected chi connectivity index (χ2v) is 3.61. The third kappa shape index (κ3) is 2.14. The van der Waals surface area contributed by atoms with E-state index in [2.05, 4.69) is 0 Å². The maximum atomic E-state index is 12.2. The van der Waals surface area contributed by atoms with Gasteiger partial charge in [0, 0.05) is 6.04 Å². The molecule has 0 saturated carbocycles.